The predicted molar refractivity (Wildman–Crippen MR) is 90.5 cm³/mol. The maximum atomic E-state index is 14.0. The Morgan fingerprint density at radius 2 is 1.92 bits per heavy atom. The Morgan fingerprint density at radius 3 is 2.62 bits per heavy atom. The zero-order chi connectivity index (χ0) is 17.3. The zero-order valence-electron chi connectivity index (χ0n) is 12.6. The number of rotatable bonds is 4. The fourth-order valence-electron chi connectivity index (χ4n) is 2.24. The fourth-order valence-corrected chi connectivity index (χ4v) is 3.62. The first kappa shape index (κ1) is 16.5. The van der Waals surface area contributed by atoms with Crippen LogP contribution in [-0.4, -0.2) is 18.2 Å². The molecule has 2 aromatic carbocycles. The number of nitrogens with one attached hydrogen (secondary N) is 1. The van der Waals surface area contributed by atoms with Crippen molar-refractivity contribution in [1.82, 2.24) is 9.78 Å². The Labute approximate surface area is 143 Å². The quantitative estimate of drug-likeness (QED) is 0.765. The van der Waals surface area contributed by atoms with E-state index in [2.05, 4.69) is 9.82 Å². The molecule has 1 heterocycles. The van der Waals surface area contributed by atoms with E-state index in [0.717, 1.165) is 11.8 Å². The molecule has 3 rings (SSSR count). The van der Waals surface area contributed by atoms with Gasteiger partial charge >= 0.3 is 0 Å². The van der Waals surface area contributed by atoms with E-state index < -0.39 is 20.7 Å². The first-order chi connectivity index (χ1) is 11.4. The maximum absolute atomic E-state index is 14.0. The molecule has 0 bridgehead atoms. The van der Waals surface area contributed by atoms with Gasteiger partial charge in [0.05, 0.1) is 16.4 Å². The lowest BCUT2D eigenvalue weighted by Crippen LogP contribution is -2.15. The van der Waals surface area contributed by atoms with Crippen LogP contribution in [0.1, 0.15) is 5.69 Å². The minimum Gasteiger partial charge on any atom is -0.279 e. The molecular weight excluding hydrogens is 353 g/mol. The lowest BCUT2D eigenvalue weighted by molar-refractivity contribution is 0.570. The molecule has 0 aliphatic carbocycles. The van der Waals surface area contributed by atoms with Crippen molar-refractivity contribution in [3.8, 4) is 5.69 Å². The molecule has 124 valence electrons. The Balaban J connectivity index is 1.96. The summed E-state index contributed by atoms with van der Waals surface area (Å²) in [5, 5.41) is 3.92. The van der Waals surface area contributed by atoms with Crippen molar-refractivity contribution in [2.24, 2.45) is 0 Å². The number of aryl methyl sites for hydroxylation is 1. The zero-order valence-corrected chi connectivity index (χ0v) is 14.1. The highest BCUT2D eigenvalue weighted by Crippen LogP contribution is 2.25. The average molecular weight is 366 g/mol. The number of aromatic nitrogens is 2. The molecule has 0 saturated carbocycles. The second kappa shape index (κ2) is 6.26. The number of sulfonamides is 1. The maximum Gasteiger partial charge on any atom is 0.264 e. The molecule has 24 heavy (non-hydrogen) atoms. The molecule has 0 aliphatic rings. The monoisotopic (exact) mass is 365 g/mol. The van der Waals surface area contributed by atoms with Gasteiger partial charge in [0.15, 0.2) is 5.82 Å². The number of anilines is 1. The van der Waals surface area contributed by atoms with Gasteiger partial charge < -0.3 is 0 Å². The van der Waals surface area contributed by atoms with Gasteiger partial charge in [0.2, 0.25) is 0 Å². The topological polar surface area (TPSA) is 64.0 Å². The van der Waals surface area contributed by atoms with Gasteiger partial charge in [-0.05, 0) is 43.3 Å². The molecule has 0 saturated heterocycles. The first-order valence-corrected chi connectivity index (χ1v) is 8.82. The predicted octanol–water partition coefficient (Wildman–Crippen LogP) is 3.77. The number of benzene rings is 2. The largest absolute Gasteiger partial charge is 0.279 e. The molecule has 5 nitrogen and oxygen atoms in total. The van der Waals surface area contributed by atoms with Gasteiger partial charge in [-0.25, -0.2) is 17.5 Å². The van der Waals surface area contributed by atoms with Gasteiger partial charge in [0, 0.05) is 11.9 Å². The van der Waals surface area contributed by atoms with Crippen molar-refractivity contribution in [2.75, 3.05) is 4.72 Å². The van der Waals surface area contributed by atoms with Gasteiger partial charge in [0.1, 0.15) is 4.90 Å². The highest BCUT2D eigenvalue weighted by atomic mass is 35.5. The van der Waals surface area contributed by atoms with Crippen molar-refractivity contribution in [1.29, 1.82) is 0 Å². The van der Waals surface area contributed by atoms with Gasteiger partial charge in [-0.3, -0.25) is 4.72 Å². The summed E-state index contributed by atoms with van der Waals surface area (Å²) in [7, 11) is -4.10. The minimum absolute atomic E-state index is 0.251. The molecule has 0 unspecified atom stereocenters. The summed E-state index contributed by atoms with van der Waals surface area (Å²) >= 11 is 5.65. The van der Waals surface area contributed by atoms with Crippen molar-refractivity contribution in [3.63, 3.8) is 0 Å². The van der Waals surface area contributed by atoms with Crippen molar-refractivity contribution in [3.05, 3.63) is 71.3 Å². The van der Waals surface area contributed by atoms with Crippen LogP contribution < -0.4 is 4.72 Å². The summed E-state index contributed by atoms with van der Waals surface area (Å²) in [4.78, 5) is -0.504. The van der Waals surface area contributed by atoms with Crippen LogP contribution in [0.15, 0.2) is 59.6 Å². The van der Waals surface area contributed by atoms with E-state index >= 15 is 0 Å². The van der Waals surface area contributed by atoms with E-state index in [1.54, 1.807) is 35.1 Å². The van der Waals surface area contributed by atoms with Crippen LogP contribution in [0, 0.1) is 12.7 Å². The molecule has 1 aromatic heterocycles. The van der Waals surface area contributed by atoms with Crippen LogP contribution >= 0.6 is 11.6 Å². The molecule has 0 spiro atoms. The summed E-state index contributed by atoms with van der Waals surface area (Å²) < 4.78 is 42.8. The summed E-state index contributed by atoms with van der Waals surface area (Å²) in [6.45, 7) is 1.88. The summed E-state index contributed by atoms with van der Waals surface area (Å²) in [5.41, 5.74) is 1.88. The van der Waals surface area contributed by atoms with Gasteiger partial charge in [0.25, 0.3) is 10.0 Å². The van der Waals surface area contributed by atoms with E-state index in [-0.39, 0.29) is 5.02 Å². The minimum atomic E-state index is -4.10. The molecule has 0 aliphatic heterocycles. The molecule has 0 radical (unpaired) electrons. The van der Waals surface area contributed by atoms with Crippen LogP contribution in [0.25, 0.3) is 5.69 Å². The summed E-state index contributed by atoms with van der Waals surface area (Å²) in [6, 6.07) is 12.3. The molecule has 8 heteroatoms. The third-order valence-corrected chi connectivity index (χ3v) is 5.07. The number of nitrogens with zero attached hydrogens (tertiary/aromatic N) is 2. The second-order valence-corrected chi connectivity index (χ2v) is 7.15. The summed E-state index contributed by atoms with van der Waals surface area (Å²) in [6.07, 6.45) is 1.65. The third kappa shape index (κ3) is 3.13. The van der Waals surface area contributed by atoms with Gasteiger partial charge in [-0.1, -0.05) is 23.7 Å². The van der Waals surface area contributed by atoms with Crippen LogP contribution in [-0.2, 0) is 10.0 Å². The standard InChI is InChI=1S/C16H13ClFN3O2S/c1-11-8-9-19-21(11)13-5-2-4-12(10-13)20-24(22,23)15-7-3-6-14(17)16(15)18/h2-10,20H,1H3. The number of hydrogen-bond donors (Lipinski definition) is 1. The lowest BCUT2D eigenvalue weighted by atomic mass is 10.3. The van der Waals surface area contributed by atoms with Crippen LogP contribution in [0.2, 0.25) is 5.02 Å². The highest BCUT2D eigenvalue weighted by molar-refractivity contribution is 7.92. The Kier molecular flexibility index (Phi) is 4.29. The smallest absolute Gasteiger partial charge is 0.264 e. The molecule has 0 fully saturated rings. The van der Waals surface area contributed by atoms with E-state index in [1.165, 1.54) is 12.1 Å². The second-order valence-electron chi connectivity index (χ2n) is 5.09. The van der Waals surface area contributed by atoms with E-state index in [9.17, 15) is 12.8 Å². The molecule has 1 N–H and O–H groups in total. The Hall–Kier alpha value is -2.38. The molecule has 0 atom stereocenters. The Bertz CT molecular complexity index is 1000. The van der Waals surface area contributed by atoms with E-state index in [4.69, 9.17) is 11.6 Å². The van der Waals surface area contributed by atoms with Crippen molar-refractivity contribution < 1.29 is 12.8 Å². The third-order valence-electron chi connectivity index (χ3n) is 3.38. The van der Waals surface area contributed by atoms with E-state index in [0.29, 0.717) is 11.4 Å². The van der Waals surface area contributed by atoms with Crippen LogP contribution in [0.5, 0.6) is 0 Å². The molecular formula is C16H13ClFN3O2S. The van der Waals surface area contributed by atoms with Gasteiger partial charge in [-0.2, -0.15) is 5.10 Å². The first-order valence-electron chi connectivity index (χ1n) is 6.96. The average Bonchev–Trinajstić information content (AvgIpc) is 2.96. The van der Waals surface area contributed by atoms with Crippen molar-refractivity contribution >= 4 is 27.3 Å². The van der Waals surface area contributed by atoms with Gasteiger partial charge in [-0.15, -0.1) is 0 Å². The van der Waals surface area contributed by atoms with Crippen LogP contribution in [0.3, 0.4) is 0 Å². The lowest BCUT2D eigenvalue weighted by Gasteiger charge is -2.11. The fraction of sp³-hybridized carbons (Fsp3) is 0.0625. The normalized spacial score (nSPS) is 11.5. The van der Waals surface area contributed by atoms with Crippen LogP contribution in [0.4, 0.5) is 10.1 Å². The number of hydrogen-bond acceptors (Lipinski definition) is 3. The van der Waals surface area contributed by atoms with E-state index in [1.807, 2.05) is 13.0 Å². The summed E-state index contributed by atoms with van der Waals surface area (Å²) in [5.74, 6) is -0.981. The molecule has 0 amide bonds. The number of halogens is 2. The van der Waals surface area contributed by atoms with Crippen molar-refractivity contribution in [2.45, 2.75) is 11.8 Å². The molecule has 3 aromatic rings. The highest BCUT2D eigenvalue weighted by Gasteiger charge is 2.21. The Morgan fingerprint density at radius 1 is 1.17 bits per heavy atom. The SMILES string of the molecule is Cc1ccnn1-c1cccc(NS(=O)(=O)c2cccc(Cl)c2F)c1.